The molecular formula is C19H21N3O4S. The molecule has 1 aliphatic heterocycles. The Morgan fingerprint density at radius 1 is 1.30 bits per heavy atom. The van der Waals surface area contributed by atoms with Crippen LogP contribution in [0.5, 0.6) is 0 Å². The van der Waals surface area contributed by atoms with Gasteiger partial charge in [0, 0.05) is 18.7 Å². The molecule has 0 unspecified atom stereocenters. The fourth-order valence-electron chi connectivity index (χ4n) is 3.08. The number of rotatable bonds is 4. The Labute approximate surface area is 161 Å². The van der Waals surface area contributed by atoms with Crippen LogP contribution in [-0.2, 0) is 14.3 Å². The van der Waals surface area contributed by atoms with Gasteiger partial charge in [-0.1, -0.05) is 23.5 Å². The van der Waals surface area contributed by atoms with Crippen LogP contribution in [0.4, 0.5) is 10.8 Å². The van der Waals surface area contributed by atoms with E-state index < -0.39 is 11.9 Å². The van der Waals surface area contributed by atoms with Crippen molar-refractivity contribution >= 4 is 39.9 Å². The van der Waals surface area contributed by atoms with Crippen LogP contribution in [0.25, 0.3) is 0 Å². The number of ether oxygens (including phenoxy) is 1. The van der Waals surface area contributed by atoms with Crippen LogP contribution in [0.15, 0.2) is 18.2 Å². The number of amides is 2. The third kappa shape index (κ3) is 3.71. The lowest BCUT2D eigenvalue weighted by Crippen LogP contribution is -2.28. The Morgan fingerprint density at radius 2 is 2.04 bits per heavy atom. The number of nitrogens with zero attached hydrogens (tertiary/aromatic N) is 2. The number of thiazole rings is 1. The highest BCUT2D eigenvalue weighted by molar-refractivity contribution is 7.17. The molecule has 0 spiro atoms. The third-order valence-corrected chi connectivity index (χ3v) is 5.81. The summed E-state index contributed by atoms with van der Waals surface area (Å²) in [5.74, 6) is -1.30. The SMILES string of the molecule is COC(=O)c1sc(NC(=O)[C@H]2CC(=O)N(c3cccc(C)c3C)C2)nc1C. The van der Waals surface area contributed by atoms with Gasteiger partial charge in [0.05, 0.1) is 18.7 Å². The molecule has 1 saturated heterocycles. The van der Waals surface area contributed by atoms with Crippen LogP contribution in [-0.4, -0.2) is 36.4 Å². The van der Waals surface area contributed by atoms with Crippen molar-refractivity contribution in [2.45, 2.75) is 27.2 Å². The van der Waals surface area contributed by atoms with Gasteiger partial charge in [0.1, 0.15) is 4.88 Å². The van der Waals surface area contributed by atoms with Crippen LogP contribution in [0.2, 0.25) is 0 Å². The molecule has 7 nitrogen and oxygen atoms in total. The topological polar surface area (TPSA) is 88.6 Å². The third-order valence-electron chi connectivity index (χ3n) is 4.76. The van der Waals surface area contributed by atoms with E-state index in [2.05, 4.69) is 10.3 Å². The molecular weight excluding hydrogens is 366 g/mol. The second-order valence-corrected chi connectivity index (χ2v) is 7.54. The van der Waals surface area contributed by atoms with E-state index in [1.54, 1.807) is 11.8 Å². The van der Waals surface area contributed by atoms with E-state index in [9.17, 15) is 14.4 Å². The maximum Gasteiger partial charge on any atom is 0.350 e. The Morgan fingerprint density at radius 3 is 2.74 bits per heavy atom. The molecule has 1 fully saturated rings. The largest absolute Gasteiger partial charge is 0.465 e. The normalized spacial score (nSPS) is 16.5. The lowest BCUT2D eigenvalue weighted by Gasteiger charge is -2.20. The molecule has 2 heterocycles. The van der Waals surface area contributed by atoms with Crippen LogP contribution in [0, 0.1) is 26.7 Å². The molecule has 0 radical (unpaired) electrons. The summed E-state index contributed by atoms with van der Waals surface area (Å²) in [6.45, 7) is 5.97. The minimum atomic E-state index is -0.484. The van der Waals surface area contributed by atoms with Gasteiger partial charge >= 0.3 is 5.97 Å². The molecule has 142 valence electrons. The highest BCUT2D eigenvalue weighted by Gasteiger charge is 2.36. The first kappa shape index (κ1) is 19.0. The molecule has 0 bridgehead atoms. The fraction of sp³-hybridized carbons (Fsp3) is 0.368. The lowest BCUT2D eigenvalue weighted by atomic mass is 10.1. The summed E-state index contributed by atoms with van der Waals surface area (Å²) in [4.78, 5) is 43.0. The Bertz CT molecular complexity index is 922. The Kier molecular flexibility index (Phi) is 5.27. The maximum absolute atomic E-state index is 12.6. The molecule has 3 rings (SSSR count). The van der Waals surface area contributed by atoms with Crippen molar-refractivity contribution in [1.82, 2.24) is 4.98 Å². The number of aromatic nitrogens is 1. The number of hydrogen-bond acceptors (Lipinski definition) is 6. The molecule has 0 saturated carbocycles. The van der Waals surface area contributed by atoms with Crippen molar-refractivity contribution < 1.29 is 19.1 Å². The Balaban J connectivity index is 1.73. The monoisotopic (exact) mass is 387 g/mol. The molecule has 1 N–H and O–H groups in total. The summed E-state index contributed by atoms with van der Waals surface area (Å²) in [6, 6.07) is 5.80. The molecule has 2 aromatic rings. The highest BCUT2D eigenvalue weighted by Crippen LogP contribution is 2.30. The molecule has 1 aromatic carbocycles. The minimum Gasteiger partial charge on any atom is -0.465 e. The molecule has 1 atom stereocenters. The van der Waals surface area contributed by atoms with E-state index in [0.717, 1.165) is 28.2 Å². The number of methoxy groups -OCH3 is 1. The second-order valence-electron chi connectivity index (χ2n) is 6.54. The maximum atomic E-state index is 12.6. The van der Waals surface area contributed by atoms with Gasteiger partial charge in [0.15, 0.2) is 5.13 Å². The van der Waals surface area contributed by atoms with Gasteiger partial charge in [-0.3, -0.25) is 9.59 Å². The number of benzene rings is 1. The number of aryl methyl sites for hydroxylation is 2. The number of esters is 1. The number of anilines is 2. The highest BCUT2D eigenvalue weighted by atomic mass is 32.1. The molecule has 1 aromatic heterocycles. The van der Waals surface area contributed by atoms with Crippen molar-refractivity contribution in [1.29, 1.82) is 0 Å². The van der Waals surface area contributed by atoms with Crippen molar-refractivity contribution in [2.24, 2.45) is 5.92 Å². The zero-order valence-corrected chi connectivity index (χ0v) is 16.5. The molecule has 27 heavy (non-hydrogen) atoms. The quantitative estimate of drug-likeness (QED) is 0.815. The smallest absolute Gasteiger partial charge is 0.350 e. The summed E-state index contributed by atoms with van der Waals surface area (Å²) in [5.41, 5.74) is 3.47. The first-order valence-electron chi connectivity index (χ1n) is 8.55. The average Bonchev–Trinajstić information content (AvgIpc) is 3.19. The van der Waals surface area contributed by atoms with E-state index in [0.29, 0.717) is 22.2 Å². The summed E-state index contributed by atoms with van der Waals surface area (Å²) in [7, 11) is 1.30. The van der Waals surface area contributed by atoms with Gasteiger partial charge in [0.2, 0.25) is 11.8 Å². The average molecular weight is 387 g/mol. The summed E-state index contributed by atoms with van der Waals surface area (Å²) >= 11 is 1.07. The van der Waals surface area contributed by atoms with E-state index in [1.165, 1.54) is 7.11 Å². The number of carbonyl (C=O) groups excluding carboxylic acids is 3. The standard InChI is InChI=1S/C19H21N3O4S/c1-10-6-5-7-14(11(10)2)22-9-13(8-15(22)23)17(24)21-19-20-12(3)16(27-19)18(25)26-4/h5-7,13H,8-9H2,1-4H3,(H,20,21,24)/t13-/m0/s1. The van der Waals surface area contributed by atoms with Gasteiger partial charge in [-0.25, -0.2) is 9.78 Å². The first-order valence-corrected chi connectivity index (χ1v) is 9.36. The van der Waals surface area contributed by atoms with Crippen molar-refractivity contribution in [3.63, 3.8) is 0 Å². The molecule has 1 aliphatic rings. The molecule has 2 amide bonds. The van der Waals surface area contributed by atoms with Gasteiger partial charge in [-0.2, -0.15) is 0 Å². The van der Waals surface area contributed by atoms with E-state index in [-0.39, 0.29) is 18.2 Å². The van der Waals surface area contributed by atoms with Gasteiger partial charge in [-0.05, 0) is 38.0 Å². The van der Waals surface area contributed by atoms with E-state index >= 15 is 0 Å². The van der Waals surface area contributed by atoms with Crippen LogP contribution in [0.1, 0.15) is 32.9 Å². The van der Waals surface area contributed by atoms with Crippen molar-refractivity contribution in [2.75, 3.05) is 23.9 Å². The zero-order chi connectivity index (χ0) is 19.7. The number of carbonyl (C=O) groups is 3. The fourth-order valence-corrected chi connectivity index (χ4v) is 3.97. The minimum absolute atomic E-state index is 0.0746. The van der Waals surface area contributed by atoms with Crippen LogP contribution < -0.4 is 10.2 Å². The van der Waals surface area contributed by atoms with Gasteiger partial charge < -0.3 is 15.0 Å². The predicted octanol–water partition coefficient (Wildman–Crippen LogP) is 2.85. The van der Waals surface area contributed by atoms with E-state index in [1.807, 2.05) is 32.0 Å². The summed E-state index contributed by atoms with van der Waals surface area (Å²) in [6.07, 6.45) is 0.146. The lowest BCUT2D eigenvalue weighted by molar-refractivity contribution is -0.122. The van der Waals surface area contributed by atoms with Crippen LogP contribution >= 0.6 is 11.3 Å². The predicted molar refractivity (Wildman–Crippen MR) is 103 cm³/mol. The second kappa shape index (κ2) is 7.48. The number of hydrogen-bond donors (Lipinski definition) is 1. The molecule has 0 aliphatic carbocycles. The zero-order valence-electron chi connectivity index (χ0n) is 15.7. The van der Waals surface area contributed by atoms with Crippen LogP contribution in [0.3, 0.4) is 0 Å². The van der Waals surface area contributed by atoms with Gasteiger partial charge in [0.25, 0.3) is 0 Å². The first-order chi connectivity index (χ1) is 12.8. The summed E-state index contributed by atoms with van der Waals surface area (Å²) < 4.78 is 4.70. The molecule has 8 heteroatoms. The van der Waals surface area contributed by atoms with Crippen molar-refractivity contribution in [3.05, 3.63) is 39.9 Å². The number of nitrogens with one attached hydrogen (secondary N) is 1. The Hall–Kier alpha value is -2.74. The summed E-state index contributed by atoms with van der Waals surface area (Å²) in [5, 5.41) is 3.05. The van der Waals surface area contributed by atoms with E-state index in [4.69, 9.17) is 4.74 Å². The van der Waals surface area contributed by atoms with Gasteiger partial charge in [-0.15, -0.1) is 0 Å². The van der Waals surface area contributed by atoms with Crippen molar-refractivity contribution in [3.8, 4) is 0 Å².